The van der Waals surface area contributed by atoms with Crippen molar-refractivity contribution < 1.29 is 0 Å². The van der Waals surface area contributed by atoms with Gasteiger partial charge in [0.25, 0.3) is 0 Å². The third kappa shape index (κ3) is 2.36. The molecule has 2 heteroatoms. The largest absolute Gasteiger partial charge is 0.354 e. The Hall–Kier alpha value is -1.70. The molecule has 0 aliphatic heterocycles. The van der Waals surface area contributed by atoms with Crippen molar-refractivity contribution in [2.24, 2.45) is 14.1 Å². The lowest BCUT2D eigenvalue weighted by atomic mass is 9.98. The average Bonchev–Trinajstić information content (AvgIpc) is 2.84. The van der Waals surface area contributed by atoms with Gasteiger partial charge in [-0.15, -0.1) is 0 Å². The molecule has 2 heterocycles. The Kier molecular flexibility index (Phi) is 3.23. The summed E-state index contributed by atoms with van der Waals surface area (Å²) in [4.78, 5) is 0. The van der Waals surface area contributed by atoms with Crippen LogP contribution in [0.5, 0.6) is 0 Å². The summed E-state index contributed by atoms with van der Waals surface area (Å²) in [7, 11) is 4.20. The molecule has 0 aliphatic carbocycles. The van der Waals surface area contributed by atoms with Crippen LogP contribution in [0, 0.1) is 0 Å². The topological polar surface area (TPSA) is 9.86 Å². The van der Waals surface area contributed by atoms with E-state index in [1.165, 1.54) is 17.0 Å². The van der Waals surface area contributed by atoms with E-state index in [-0.39, 0.29) is 0 Å². The lowest BCUT2D eigenvalue weighted by Gasteiger charge is -2.16. The molecule has 2 rings (SSSR count). The first-order chi connectivity index (χ1) is 8.09. The first-order valence-electron chi connectivity index (χ1n) is 5.97. The first kappa shape index (κ1) is 11.8. The molecule has 0 unspecified atom stereocenters. The molecule has 2 aromatic heterocycles. The molecule has 90 valence electrons. The second-order valence-electron chi connectivity index (χ2n) is 4.81. The molecule has 2 nitrogen and oxygen atoms in total. The van der Waals surface area contributed by atoms with E-state index < -0.39 is 0 Å². The van der Waals surface area contributed by atoms with Gasteiger partial charge in [0.15, 0.2) is 0 Å². The molecule has 0 bridgehead atoms. The van der Waals surface area contributed by atoms with Crippen LogP contribution in [0.3, 0.4) is 0 Å². The number of allylic oxidation sites excluding steroid dienone is 2. The highest BCUT2D eigenvalue weighted by atomic mass is 15.0. The zero-order valence-corrected chi connectivity index (χ0v) is 11.0. The summed E-state index contributed by atoms with van der Waals surface area (Å²) in [6, 6.07) is 8.59. The van der Waals surface area contributed by atoms with Crippen LogP contribution >= 0.6 is 0 Å². The van der Waals surface area contributed by atoms with Gasteiger partial charge in [-0.05, 0) is 38.1 Å². The van der Waals surface area contributed by atoms with Gasteiger partial charge in [-0.3, -0.25) is 0 Å². The van der Waals surface area contributed by atoms with Gasteiger partial charge in [0.1, 0.15) is 0 Å². The van der Waals surface area contributed by atoms with Crippen LogP contribution in [0.2, 0.25) is 0 Å². The average molecular weight is 228 g/mol. The van der Waals surface area contributed by atoms with E-state index in [0.29, 0.717) is 5.92 Å². The summed E-state index contributed by atoms with van der Waals surface area (Å²) in [5, 5.41) is 0. The van der Waals surface area contributed by atoms with Crippen LogP contribution < -0.4 is 0 Å². The maximum absolute atomic E-state index is 2.32. The summed E-state index contributed by atoms with van der Waals surface area (Å²) in [6.45, 7) is 4.30. The van der Waals surface area contributed by atoms with Gasteiger partial charge < -0.3 is 9.13 Å². The molecule has 17 heavy (non-hydrogen) atoms. The number of aryl methyl sites for hydroxylation is 2. The molecule has 0 fully saturated rings. The van der Waals surface area contributed by atoms with Gasteiger partial charge in [0.05, 0.1) is 5.92 Å². The highest BCUT2D eigenvalue weighted by Crippen LogP contribution is 2.27. The van der Waals surface area contributed by atoms with Gasteiger partial charge in [-0.1, -0.05) is 11.6 Å². The summed E-state index contributed by atoms with van der Waals surface area (Å²) in [5.41, 5.74) is 4.00. The molecular formula is C15H20N2. The van der Waals surface area contributed by atoms with Crippen LogP contribution in [0.15, 0.2) is 48.3 Å². The molecular weight excluding hydrogens is 208 g/mol. The second-order valence-corrected chi connectivity index (χ2v) is 4.81. The Balaban J connectivity index is 2.50. The van der Waals surface area contributed by atoms with Crippen LogP contribution in [0.25, 0.3) is 0 Å². The van der Waals surface area contributed by atoms with Crippen molar-refractivity contribution in [2.45, 2.75) is 19.8 Å². The predicted molar refractivity (Wildman–Crippen MR) is 72.1 cm³/mol. The molecule has 0 saturated heterocycles. The minimum Gasteiger partial charge on any atom is -0.354 e. The SMILES string of the molecule is CC(C)=CC(c1cccn1C)c1cccn1C. The van der Waals surface area contributed by atoms with Gasteiger partial charge in [-0.2, -0.15) is 0 Å². The minimum absolute atomic E-state index is 0.333. The third-order valence-corrected chi connectivity index (χ3v) is 3.11. The molecule has 2 aromatic rings. The van der Waals surface area contributed by atoms with Crippen molar-refractivity contribution in [3.63, 3.8) is 0 Å². The normalized spacial score (nSPS) is 10.9. The zero-order valence-electron chi connectivity index (χ0n) is 11.0. The zero-order chi connectivity index (χ0) is 12.4. The standard InChI is InChI=1S/C15H20N2/c1-12(2)11-13(14-7-5-9-16(14)3)15-8-6-10-17(15)4/h5-11,13H,1-4H3. The quantitative estimate of drug-likeness (QED) is 0.712. The number of nitrogens with zero attached hydrogens (tertiary/aromatic N) is 2. The van der Waals surface area contributed by atoms with E-state index in [0.717, 1.165) is 0 Å². The summed E-state index contributed by atoms with van der Waals surface area (Å²) < 4.78 is 4.38. The van der Waals surface area contributed by atoms with Crippen molar-refractivity contribution in [3.05, 3.63) is 59.7 Å². The number of hydrogen-bond acceptors (Lipinski definition) is 0. The minimum atomic E-state index is 0.333. The summed E-state index contributed by atoms with van der Waals surface area (Å²) >= 11 is 0. The van der Waals surface area contributed by atoms with E-state index in [1.807, 2.05) is 0 Å². The smallest absolute Gasteiger partial charge is 0.0578 e. The Labute approximate surface area is 103 Å². The molecule has 0 N–H and O–H groups in total. The van der Waals surface area contributed by atoms with Crippen LogP contribution in [-0.4, -0.2) is 9.13 Å². The molecule has 0 saturated carbocycles. The predicted octanol–water partition coefficient (Wildman–Crippen LogP) is 3.46. The van der Waals surface area contributed by atoms with Crippen LogP contribution in [-0.2, 0) is 14.1 Å². The summed E-state index contributed by atoms with van der Waals surface area (Å²) in [5.74, 6) is 0.333. The van der Waals surface area contributed by atoms with E-state index >= 15 is 0 Å². The lowest BCUT2D eigenvalue weighted by Crippen LogP contribution is -2.08. The molecule has 0 spiro atoms. The van der Waals surface area contributed by atoms with Crippen molar-refractivity contribution >= 4 is 0 Å². The van der Waals surface area contributed by atoms with Crippen LogP contribution in [0.4, 0.5) is 0 Å². The molecule has 0 amide bonds. The highest BCUT2D eigenvalue weighted by molar-refractivity contribution is 5.32. The van der Waals surface area contributed by atoms with Crippen molar-refractivity contribution in [2.75, 3.05) is 0 Å². The second kappa shape index (κ2) is 4.66. The maximum atomic E-state index is 2.32. The van der Waals surface area contributed by atoms with E-state index in [9.17, 15) is 0 Å². The number of aromatic nitrogens is 2. The van der Waals surface area contributed by atoms with E-state index in [1.54, 1.807) is 0 Å². The Morgan fingerprint density at radius 2 is 1.47 bits per heavy atom. The Morgan fingerprint density at radius 1 is 1.00 bits per heavy atom. The van der Waals surface area contributed by atoms with Crippen molar-refractivity contribution in [3.8, 4) is 0 Å². The molecule has 0 atom stereocenters. The monoisotopic (exact) mass is 228 g/mol. The van der Waals surface area contributed by atoms with Gasteiger partial charge >= 0.3 is 0 Å². The van der Waals surface area contributed by atoms with Crippen molar-refractivity contribution in [1.29, 1.82) is 0 Å². The fourth-order valence-electron chi connectivity index (χ4n) is 2.25. The van der Waals surface area contributed by atoms with Gasteiger partial charge in [0, 0.05) is 37.9 Å². The third-order valence-electron chi connectivity index (χ3n) is 3.11. The molecule has 0 aliphatic rings. The molecule has 0 radical (unpaired) electrons. The Bertz CT molecular complexity index is 484. The summed E-state index contributed by atoms with van der Waals surface area (Å²) in [6.07, 6.45) is 6.53. The maximum Gasteiger partial charge on any atom is 0.0578 e. The van der Waals surface area contributed by atoms with E-state index in [4.69, 9.17) is 0 Å². The highest BCUT2D eigenvalue weighted by Gasteiger charge is 2.16. The molecule has 0 aromatic carbocycles. The fourth-order valence-corrected chi connectivity index (χ4v) is 2.25. The lowest BCUT2D eigenvalue weighted by molar-refractivity contribution is 0.746. The Morgan fingerprint density at radius 3 is 1.76 bits per heavy atom. The van der Waals surface area contributed by atoms with Crippen LogP contribution in [0.1, 0.15) is 31.2 Å². The van der Waals surface area contributed by atoms with E-state index in [2.05, 4.69) is 79.8 Å². The number of rotatable bonds is 3. The van der Waals surface area contributed by atoms with Gasteiger partial charge in [0.2, 0.25) is 0 Å². The first-order valence-corrected chi connectivity index (χ1v) is 5.97. The van der Waals surface area contributed by atoms with Crippen molar-refractivity contribution in [1.82, 2.24) is 9.13 Å². The number of hydrogen-bond donors (Lipinski definition) is 0. The van der Waals surface area contributed by atoms with Gasteiger partial charge in [-0.25, -0.2) is 0 Å². The fraction of sp³-hybridized carbons (Fsp3) is 0.333.